The number of aromatic hydroxyl groups is 1. The number of hydrogen-bond donors (Lipinski definition) is 1. The Labute approximate surface area is 192 Å². The molecule has 156 valence electrons. The van der Waals surface area contributed by atoms with Gasteiger partial charge in [0.05, 0.1) is 23.9 Å². The summed E-state index contributed by atoms with van der Waals surface area (Å²) in [4.78, 5) is 15.0. The van der Waals surface area contributed by atoms with Crippen LogP contribution in [0.4, 0.5) is 0 Å². The van der Waals surface area contributed by atoms with Crippen molar-refractivity contribution in [2.45, 2.75) is 6.54 Å². The summed E-state index contributed by atoms with van der Waals surface area (Å²) in [7, 11) is 0. The van der Waals surface area contributed by atoms with Crippen molar-refractivity contribution < 1.29 is 14.3 Å². The standard InChI is InChI=1S/C22H15Cl2N3O3S/c23-16-5-3-14(4-6-16)10-20-21(29)27(13-18-2-1-9-30-18)22(31-20)26-25-12-15-11-17(24)7-8-19(15)28/h1-12,28H,13H2/b20-10-,25-12+,26-22-. The van der Waals surface area contributed by atoms with Crippen LogP contribution in [0.3, 0.4) is 0 Å². The topological polar surface area (TPSA) is 78.4 Å². The van der Waals surface area contributed by atoms with Gasteiger partial charge in [0, 0.05) is 15.6 Å². The van der Waals surface area contributed by atoms with Gasteiger partial charge in [0.1, 0.15) is 11.5 Å². The molecule has 0 atom stereocenters. The van der Waals surface area contributed by atoms with E-state index in [9.17, 15) is 9.90 Å². The number of rotatable bonds is 5. The summed E-state index contributed by atoms with van der Waals surface area (Å²) in [5, 5.41) is 19.6. The smallest absolute Gasteiger partial charge is 0.267 e. The number of carbonyl (C=O) groups excluding carboxylic acids is 1. The van der Waals surface area contributed by atoms with Crippen molar-refractivity contribution in [3.8, 4) is 5.75 Å². The van der Waals surface area contributed by atoms with Gasteiger partial charge in [-0.1, -0.05) is 35.3 Å². The SMILES string of the molecule is O=C1/C(=C/c2ccc(Cl)cc2)S/C(=N\N=C\c2cc(Cl)ccc2O)N1Cc1ccco1. The predicted molar refractivity (Wildman–Crippen MR) is 124 cm³/mol. The van der Waals surface area contributed by atoms with Crippen LogP contribution >= 0.6 is 35.0 Å². The third-order valence-electron chi connectivity index (χ3n) is 4.28. The molecule has 31 heavy (non-hydrogen) atoms. The molecular weight excluding hydrogens is 457 g/mol. The number of carbonyl (C=O) groups is 1. The largest absolute Gasteiger partial charge is 0.507 e. The first-order valence-corrected chi connectivity index (χ1v) is 10.7. The van der Waals surface area contributed by atoms with Gasteiger partial charge in [0.15, 0.2) is 5.17 Å². The summed E-state index contributed by atoms with van der Waals surface area (Å²) in [6.07, 6.45) is 4.70. The predicted octanol–water partition coefficient (Wildman–Crippen LogP) is 5.80. The molecule has 2 aromatic carbocycles. The van der Waals surface area contributed by atoms with Gasteiger partial charge in [-0.2, -0.15) is 5.10 Å². The summed E-state index contributed by atoms with van der Waals surface area (Å²) in [6.45, 7) is 0.216. The zero-order chi connectivity index (χ0) is 21.8. The summed E-state index contributed by atoms with van der Waals surface area (Å²) >= 11 is 13.1. The lowest BCUT2D eigenvalue weighted by molar-refractivity contribution is -0.122. The second-order valence-corrected chi connectivity index (χ2v) is 8.35. The number of amides is 1. The van der Waals surface area contributed by atoms with Gasteiger partial charge in [-0.3, -0.25) is 9.69 Å². The first-order valence-electron chi connectivity index (χ1n) is 9.08. The monoisotopic (exact) mass is 471 g/mol. The Morgan fingerprint density at radius 3 is 2.61 bits per heavy atom. The van der Waals surface area contributed by atoms with Crippen molar-refractivity contribution in [1.82, 2.24) is 4.90 Å². The zero-order valence-corrected chi connectivity index (χ0v) is 18.2. The maximum Gasteiger partial charge on any atom is 0.267 e. The van der Waals surface area contributed by atoms with Crippen molar-refractivity contribution in [3.63, 3.8) is 0 Å². The molecule has 1 saturated heterocycles. The average molecular weight is 472 g/mol. The lowest BCUT2D eigenvalue weighted by Crippen LogP contribution is -2.28. The van der Waals surface area contributed by atoms with Gasteiger partial charge in [-0.05, 0) is 65.9 Å². The van der Waals surface area contributed by atoms with Crippen LogP contribution in [0, 0.1) is 0 Å². The van der Waals surface area contributed by atoms with Gasteiger partial charge >= 0.3 is 0 Å². The molecule has 0 radical (unpaired) electrons. The number of phenols is 1. The van der Waals surface area contributed by atoms with E-state index in [0.717, 1.165) is 5.56 Å². The van der Waals surface area contributed by atoms with Crippen molar-refractivity contribution in [3.05, 3.63) is 92.7 Å². The summed E-state index contributed by atoms with van der Waals surface area (Å²) < 4.78 is 5.38. The Bertz CT molecular complexity index is 1190. The molecule has 0 aliphatic carbocycles. The van der Waals surface area contributed by atoms with E-state index < -0.39 is 0 Å². The van der Waals surface area contributed by atoms with Gasteiger partial charge in [-0.25, -0.2) is 0 Å². The summed E-state index contributed by atoms with van der Waals surface area (Å²) in [6, 6.07) is 15.3. The highest BCUT2D eigenvalue weighted by atomic mass is 35.5. The number of benzene rings is 2. The van der Waals surface area contributed by atoms with Gasteiger partial charge < -0.3 is 9.52 Å². The van der Waals surface area contributed by atoms with Gasteiger partial charge in [0.25, 0.3) is 5.91 Å². The Balaban J connectivity index is 1.63. The first-order chi connectivity index (χ1) is 15.0. The molecule has 4 rings (SSSR count). The number of nitrogens with zero attached hydrogens (tertiary/aromatic N) is 3. The molecule has 1 fully saturated rings. The highest BCUT2D eigenvalue weighted by molar-refractivity contribution is 8.18. The molecular formula is C22H15Cl2N3O3S. The maximum atomic E-state index is 13.0. The van der Waals surface area contributed by atoms with E-state index in [4.69, 9.17) is 27.6 Å². The minimum Gasteiger partial charge on any atom is -0.507 e. The lowest BCUT2D eigenvalue weighted by atomic mass is 10.2. The number of hydrogen-bond acceptors (Lipinski definition) is 6. The molecule has 3 aromatic rings. The molecule has 1 N–H and O–H groups in total. The number of phenolic OH excluding ortho intramolecular Hbond substituents is 1. The number of thioether (sulfide) groups is 1. The van der Waals surface area contributed by atoms with Crippen LogP contribution in [0.1, 0.15) is 16.9 Å². The quantitative estimate of drug-likeness (QED) is 0.289. The molecule has 1 aliphatic heterocycles. The van der Waals surface area contributed by atoms with E-state index in [1.807, 2.05) is 12.1 Å². The Kier molecular flexibility index (Phi) is 6.46. The second-order valence-electron chi connectivity index (χ2n) is 6.46. The van der Waals surface area contributed by atoms with Crippen LogP contribution in [0.15, 0.2) is 80.4 Å². The minimum atomic E-state index is -0.212. The lowest BCUT2D eigenvalue weighted by Gasteiger charge is -2.12. The van der Waals surface area contributed by atoms with Crippen molar-refractivity contribution in [2.75, 3.05) is 0 Å². The minimum absolute atomic E-state index is 0.0271. The molecule has 1 amide bonds. The molecule has 0 spiro atoms. The highest BCUT2D eigenvalue weighted by Crippen LogP contribution is 2.34. The Morgan fingerprint density at radius 1 is 1.10 bits per heavy atom. The van der Waals surface area contributed by atoms with Crippen molar-refractivity contribution in [2.24, 2.45) is 10.2 Å². The van der Waals surface area contributed by atoms with Crippen LogP contribution < -0.4 is 0 Å². The van der Waals surface area contributed by atoms with Crippen LogP contribution in [-0.4, -0.2) is 27.3 Å². The van der Waals surface area contributed by atoms with E-state index in [-0.39, 0.29) is 18.2 Å². The van der Waals surface area contributed by atoms with Gasteiger partial charge in [-0.15, -0.1) is 5.10 Å². The average Bonchev–Trinajstić information content (AvgIpc) is 3.36. The van der Waals surface area contributed by atoms with E-state index in [1.54, 1.807) is 48.7 Å². The molecule has 1 aromatic heterocycles. The Hall–Kier alpha value is -3.00. The third kappa shape index (κ3) is 5.19. The molecule has 2 heterocycles. The summed E-state index contributed by atoms with van der Waals surface area (Å²) in [5.74, 6) is 0.432. The molecule has 1 aliphatic rings. The number of amidine groups is 1. The van der Waals surface area contributed by atoms with Gasteiger partial charge in [0.2, 0.25) is 0 Å². The van der Waals surface area contributed by atoms with Crippen LogP contribution in [0.25, 0.3) is 6.08 Å². The van der Waals surface area contributed by atoms with E-state index in [2.05, 4.69) is 10.2 Å². The molecule has 6 nitrogen and oxygen atoms in total. The van der Waals surface area contributed by atoms with Crippen molar-refractivity contribution >= 4 is 58.3 Å². The van der Waals surface area contributed by atoms with Crippen LogP contribution in [0.2, 0.25) is 10.0 Å². The van der Waals surface area contributed by atoms with E-state index >= 15 is 0 Å². The molecule has 0 bridgehead atoms. The molecule has 0 unspecified atom stereocenters. The summed E-state index contributed by atoms with van der Waals surface area (Å²) in [5.41, 5.74) is 1.26. The third-order valence-corrected chi connectivity index (χ3v) is 5.76. The van der Waals surface area contributed by atoms with Crippen molar-refractivity contribution in [1.29, 1.82) is 0 Å². The Morgan fingerprint density at radius 2 is 1.87 bits per heavy atom. The fraction of sp³-hybridized carbons (Fsp3) is 0.0455. The maximum absolute atomic E-state index is 13.0. The zero-order valence-electron chi connectivity index (χ0n) is 15.9. The van der Waals surface area contributed by atoms with Crippen LogP contribution in [-0.2, 0) is 11.3 Å². The second kappa shape index (κ2) is 9.43. The first kappa shape index (κ1) is 21.2. The normalized spacial score (nSPS) is 16.8. The number of furan rings is 1. The fourth-order valence-corrected chi connectivity index (χ4v) is 4.00. The number of halogens is 2. The van der Waals surface area contributed by atoms with E-state index in [1.165, 1.54) is 28.9 Å². The fourth-order valence-electron chi connectivity index (χ4n) is 2.76. The van der Waals surface area contributed by atoms with E-state index in [0.29, 0.717) is 31.4 Å². The molecule has 9 heteroatoms. The molecule has 0 saturated carbocycles. The van der Waals surface area contributed by atoms with Crippen LogP contribution in [0.5, 0.6) is 5.75 Å². The highest BCUT2D eigenvalue weighted by Gasteiger charge is 2.34.